The molecule has 1 saturated heterocycles. The summed E-state index contributed by atoms with van der Waals surface area (Å²) in [6.07, 6.45) is 0. The van der Waals surface area contributed by atoms with Crippen LogP contribution in [0.3, 0.4) is 0 Å². The molecule has 0 saturated carbocycles. The van der Waals surface area contributed by atoms with Crippen molar-refractivity contribution < 1.29 is 32.3 Å². The Morgan fingerprint density at radius 1 is 1.16 bits per heavy atom. The maximum absolute atomic E-state index is 12.9. The molecule has 0 unspecified atom stereocenters. The molecule has 12 heteroatoms. The Balaban J connectivity index is 1.59. The lowest BCUT2D eigenvalue weighted by Crippen LogP contribution is -2.43. The molecule has 10 nitrogen and oxygen atoms in total. The quantitative estimate of drug-likeness (QED) is 0.472. The average Bonchev–Trinajstić information content (AvgIpc) is 3.31. The molecule has 2 aromatic rings. The highest BCUT2D eigenvalue weighted by Crippen LogP contribution is 2.22. The minimum atomic E-state index is -3.80. The highest BCUT2D eigenvalue weighted by molar-refractivity contribution is 7.89. The van der Waals surface area contributed by atoms with Crippen molar-refractivity contribution in [2.75, 3.05) is 32.9 Å². The van der Waals surface area contributed by atoms with Gasteiger partial charge >= 0.3 is 5.97 Å². The SMILES string of the molecule is Cc1ccc(C(=O)OCC(=O)NNC(=O)c2cccs2)cc1S(=O)(=O)N1CCOCC1. The number of morpholine rings is 1. The molecule has 2 heterocycles. The van der Waals surface area contributed by atoms with Crippen LogP contribution in [0, 0.1) is 6.92 Å². The van der Waals surface area contributed by atoms with Gasteiger partial charge in [0.25, 0.3) is 11.8 Å². The summed E-state index contributed by atoms with van der Waals surface area (Å²) in [7, 11) is -3.80. The van der Waals surface area contributed by atoms with Gasteiger partial charge in [-0.15, -0.1) is 11.3 Å². The zero-order valence-corrected chi connectivity index (χ0v) is 18.3. The Morgan fingerprint density at radius 2 is 1.90 bits per heavy atom. The number of amides is 2. The predicted molar refractivity (Wildman–Crippen MR) is 111 cm³/mol. The molecule has 0 atom stereocenters. The Bertz CT molecular complexity index is 1060. The molecule has 166 valence electrons. The van der Waals surface area contributed by atoms with Crippen molar-refractivity contribution in [2.45, 2.75) is 11.8 Å². The maximum Gasteiger partial charge on any atom is 0.338 e. The Morgan fingerprint density at radius 3 is 2.58 bits per heavy atom. The summed E-state index contributed by atoms with van der Waals surface area (Å²) in [6, 6.07) is 7.45. The number of nitrogens with one attached hydrogen (secondary N) is 2. The number of carbonyl (C=O) groups excluding carboxylic acids is 3. The molecule has 1 aromatic carbocycles. The van der Waals surface area contributed by atoms with E-state index < -0.39 is 34.4 Å². The summed E-state index contributed by atoms with van der Waals surface area (Å²) in [4.78, 5) is 36.3. The van der Waals surface area contributed by atoms with Gasteiger partial charge < -0.3 is 9.47 Å². The molecule has 0 radical (unpaired) electrons. The summed E-state index contributed by atoms with van der Waals surface area (Å²) in [5.74, 6) is -2.10. The summed E-state index contributed by atoms with van der Waals surface area (Å²) in [5, 5.41) is 1.72. The number of carbonyl (C=O) groups is 3. The summed E-state index contributed by atoms with van der Waals surface area (Å²) in [6.45, 7) is 2.05. The van der Waals surface area contributed by atoms with Gasteiger partial charge in [-0.1, -0.05) is 12.1 Å². The second kappa shape index (κ2) is 10.0. The largest absolute Gasteiger partial charge is 0.452 e. The van der Waals surface area contributed by atoms with Crippen molar-refractivity contribution in [3.8, 4) is 0 Å². The van der Waals surface area contributed by atoms with E-state index in [0.29, 0.717) is 23.7 Å². The maximum atomic E-state index is 12.9. The first-order valence-corrected chi connectivity index (χ1v) is 11.6. The monoisotopic (exact) mass is 467 g/mol. The van der Waals surface area contributed by atoms with Crippen LogP contribution in [-0.4, -0.2) is 63.4 Å². The van der Waals surface area contributed by atoms with Crippen LogP contribution in [0.15, 0.2) is 40.6 Å². The molecule has 3 rings (SSSR count). The number of rotatable bonds is 6. The smallest absolute Gasteiger partial charge is 0.338 e. The third-order valence-corrected chi connectivity index (χ3v) is 7.32. The zero-order valence-electron chi connectivity index (χ0n) is 16.6. The summed E-state index contributed by atoms with van der Waals surface area (Å²) >= 11 is 1.20. The molecule has 1 fully saturated rings. The van der Waals surface area contributed by atoms with Crippen LogP contribution in [0.5, 0.6) is 0 Å². The van der Waals surface area contributed by atoms with E-state index in [1.165, 1.54) is 33.8 Å². The van der Waals surface area contributed by atoms with Crippen molar-refractivity contribution in [1.82, 2.24) is 15.2 Å². The van der Waals surface area contributed by atoms with Crippen molar-refractivity contribution in [2.24, 2.45) is 0 Å². The Labute approximate surface area is 183 Å². The van der Waals surface area contributed by atoms with E-state index in [1.807, 2.05) is 0 Å². The van der Waals surface area contributed by atoms with E-state index in [1.54, 1.807) is 24.4 Å². The molecular weight excluding hydrogens is 446 g/mol. The van der Waals surface area contributed by atoms with E-state index in [4.69, 9.17) is 9.47 Å². The number of benzene rings is 1. The van der Waals surface area contributed by atoms with Crippen LogP contribution in [0.1, 0.15) is 25.6 Å². The van der Waals surface area contributed by atoms with E-state index in [9.17, 15) is 22.8 Å². The van der Waals surface area contributed by atoms with E-state index in [-0.39, 0.29) is 23.5 Å². The fourth-order valence-electron chi connectivity index (χ4n) is 2.78. The van der Waals surface area contributed by atoms with Crippen LogP contribution >= 0.6 is 11.3 Å². The molecule has 0 bridgehead atoms. The molecule has 1 aliphatic heterocycles. The van der Waals surface area contributed by atoms with Gasteiger partial charge in [-0.3, -0.25) is 20.4 Å². The first-order valence-electron chi connectivity index (χ1n) is 9.27. The van der Waals surface area contributed by atoms with Crippen LogP contribution in [0.2, 0.25) is 0 Å². The molecule has 2 N–H and O–H groups in total. The summed E-state index contributed by atoms with van der Waals surface area (Å²) < 4.78 is 37.3. The lowest BCUT2D eigenvalue weighted by Gasteiger charge is -2.26. The van der Waals surface area contributed by atoms with Gasteiger partial charge in [-0.05, 0) is 36.1 Å². The predicted octanol–water partition coefficient (Wildman–Crippen LogP) is 0.695. The van der Waals surface area contributed by atoms with Gasteiger partial charge in [0, 0.05) is 13.1 Å². The summed E-state index contributed by atoms with van der Waals surface area (Å²) in [5.41, 5.74) is 4.83. The first kappa shape index (κ1) is 22.9. The van der Waals surface area contributed by atoms with Crippen LogP contribution in [0.25, 0.3) is 0 Å². The third kappa shape index (κ3) is 5.67. The normalized spacial score (nSPS) is 14.6. The lowest BCUT2D eigenvalue weighted by atomic mass is 10.1. The number of thiophene rings is 1. The highest BCUT2D eigenvalue weighted by atomic mass is 32.2. The van der Waals surface area contributed by atoms with Crippen molar-refractivity contribution in [3.05, 3.63) is 51.7 Å². The Hall–Kier alpha value is -2.80. The average molecular weight is 468 g/mol. The molecule has 1 aromatic heterocycles. The van der Waals surface area contributed by atoms with Gasteiger partial charge in [-0.2, -0.15) is 4.31 Å². The van der Waals surface area contributed by atoms with Crippen LogP contribution < -0.4 is 10.9 Å². The molecule has 0 spiro atoms. The lowest BCUT2D eigenvalue weighted by molar-refractivity contribution is -0.125. The number of nitrogens with zero attached hydrogens (tertiary/aromatic N) is 1. The molecule has 1 aliphatic rings. The van der Waals surface area contributed by atoms with Gasteiger partial charge in [0.1, 0.15) is 0 Å². The van der Waals surface area contributed by atoms with Crippen molar-refractivity contribution >= 4 is 39.1 Å². The minimum absolute atomic E-state index is 0.00323. The molecular formula is C19H21N3O7S2. The third-order valence-electron chi connectivity index (χ3n) is 4.41. The molecule has 0 aliphatic carbocycles. The van der Waals surface area contributed by atoms with Gasteiger partial charge in [-0.25, -0.2) is 13.2 Å². The molecule has 31 heavy (non-hydrogen) atoms. The number of esters is 1. The number of hydrazine groups is 1. The first-order chi connectivity index (χ1) is 14.8. The topological polar surface area (TPSA) is 131 Å². The number of aryl methyl sites for hydroxylation is 1. The standard InChI is InChI=1S/C19H21N3O7S2/c1-13-4-5-14(11-16(13)31(26,27)22-6-8-28-9-7-22)19(25)29-12-17(23)20-21-18(24)15-3-2-10-30-15/h2-5,10-11H,6-9,12H2,1H3,(H,20,23)(H,21,24). The van der Waals surface area contributed by atoms with Gasteiger partial charge in [0.15, 0.2) is 6.61 Å². The van der Waals surface area contributed by atoms with Crippen molar-refractivity contribution in [1.29, 1.82) is 0 Å². The van der Waals surface area contributed by atoms with Crippen molar-refractivity contribution in [3.63, 3.8) is 0 Å². The number of ether oxygens (including phenoxy) is 2. The second-order valence-electron chi connectivity index (χ2n) is 6.55. The van der Waals surface area contributed by atoms with Crippen LogP contribution in [0.4, 0.5) is 0 Å². The zero-order chi connectivity index (χ0) is 22.4. The fraction of sp³-hybridized carbons (Fsp3) is 0.316. The fourth-order valence-corrected chi connectivity index (χ4v) is 5.06. The van der Waals surface area contributed by atoms with E-state index in [0.717, 1.165) is 0 Å². The van der Waals surface area contributed by atoms with Gasteiger partial charge in [0.05, 0.1) is 28.5 Å². The van der Waals surface area contributed by atoms with E-state index in [2.05, 4.69) is 10.9 Å². The number of hydrogen-bond acceptors (Lipinski definition) is 8. The molecule has 2 amide bonds. The van der Waals surface area contributed by atoms with E-state index >= 15 is 0 Å². The van der Waals surface area contributed by atoms with Crippen LogP contribution in [-0.2, 0) is 24.3 Å². The number of sulfonamides is 1. The second-order valence-corrected chi connectivity index (χ2v) is 9.41. The van der Waals surface area contributed by atoms with Gasteiger partial charge in [0.2, 0.25) is 10.0 Å². The highest BCUT2D eigenvalue weighted by Gasteiger charge is 2.28. The number of hydrogen-bond donors (Lipinski definition) is 2. The minimum Gasteiger partial charge on any atom is -0.452 e. The Kier molecular flexibility index (Phi) is 7.38.